The third kappa shape index (κ3) is 3.15. The molecule has 0 saturated carbocycles. The Bertz CT molecular complexity index is 1030. The average molecular weight is 322 g/mol. The fourth-order valence-electron chi connectivity index (χ4n) is 2.38. The summed E-state index contributed by atoms with van der Waals surface area (Å²) in [7, 11) is 0. The van der Waals surface area contributed by atoms with Crippen LogP contribution >= 0.6 is 0 Å². The van der Waals surface area contributed by atoms with Crippen LogP contribution in [0.4, 0.5) is 10.1 Å². The summed E-state index contributed by atoms with van der Waals surface area (Å²) in [6, 6.07) is 13.6. The highest BCUT2D eigenvalue weighted by Crippen LogP contribution is 2.20. The van der Waals surface area contributed by atoms with Gasteiger partial charge in [0.25, 0.3) is 0 Å². The molecule has 0 bridgehead atoms. The molecular formula is C18H11FN2O3. The lowest BCUT2D eigenvalue weighted by atomic mass is 10.1. The van der Waals surface area contributed by atoms with Crippen LogP contribution in [0, 0.1) is 17.1 Å². The maximum absolute atomic E-state index is 13.6. The molecule has 0 fully saturated rings. The zero-order valence-corrected chi connectivity index (χ0v) is 12.4. The number of carbonyl (C=O) groups excluding carboxylic acids is 1. The standard InChI is InChI=1S/C18H11FN2O3/c19-14-3-1-2-4-15(14)21-17(22)8-12-9-18(23)24-16-7-11(10-20)5-6-13(12)16/h1-7,9H,8H2,(H,21,22). The molecule has 1 amide bonds. The second-order valence-corrected chi connectivity index (χ2v) is 5.12. The van der Waals surface area contributed by atoms with Crippen molar-refractivity contribution in [2.75, 3.05) is 5.32 Å². The van der Waals surface area contributed by atoms with Gasteiger partial charge in [-0.3, -0.25) is 4.79 Å². The topological polar surface area (TPSA) is 83.1 Å². The van der Waals surface area contributed by atoms with Crippen molar-refractivity contribution in [1.82, 2.24) is 0 Å². The molecule has 0 radical (unpaired) electrons. The molecular weight excluding hydrogens is 311 g/mol. The van der Waals surface area contributed by atoms with Gasteiger partial charge < -0.3 is 9.73 Å². The van der Waals surface area contributed by atoms with Gasteiger partial charge in [0.2, 0.25) is 5.91 Å². The Morgan fingerprint density at radius 3 is 2.75 bits per heavy atom. The Kier molecular flexibility index (Phi) is 4.08. The Morgan fingerprint density at radius 1 is 1.21 bits per heavy atom. The van der Waals surface area contributed by atoms with Gasteiger partial charge in [0, 0.05) is 11.5 Å². The van der Waals surface area contributed by atoms with Crippen molar-refractivity contribution in [2.24, 2.45) is 0 Å². The second kappa shape index (κ2) is 6.34. The fraction of sp³-hybridized carbons (Fsp3) is 0.0556. The van der Waals surface area contributed by atoms with E-state index in [9.17, 15) is 14.0 Å². The van der Waals surface area contributed by atoms with Gasteiger partial charge >= 0.3 is 5.63 Å². The Balaban J connectivity index is 1.92. The zero-order chi connectivity index (χ0) is 17.1. The first-order chi connectivity index (χ1) is 11.6. The molecule has 0 saturated heterocycles. The molecule has 0 spiro atoms. The smallest absolute Gasteiger partial charge is 0.336 e. The van der Waals surface area contributed by atoms with E-state index in [1.807, 2.05) is 6.07 Å². The van der Waals surface area contributed by atoms with E-state index in [1.165, 1.54) is 30.3 Å². The number of fused-ring (bicyclic) bond motifs is 1. The SMILES string of the molecule is N#Cc1ccc2c(CC(=O)Nc3ccccc3F)cc(=O)oc2c1. The first-order valence-electron chi connectivity index (χ1n) is 7.08. The molecule has 118 valence electrons. The lowest BCUT2D eigenvalue weighted by molar-refractivity contribution is -0.115. The average Bonchev–Trinajstić information content (AvgIpc) is 2.56. The van der Waals surface area contributed by atoms with Crippen LogP contribution in [0.3, 0.4) is 0 Å². The van der Waals surface area contributed by atoms with E-state index in [0.717, 1.165) is 0 Å². The summed E-state index contributed by atoms with van der Waals surface area (Å²) >= 11 is 0. The summed E-state index contributed by atoms with van der Waals surface area (Å²) in [5.74, 6) is -1.00. The van der Waals surface area contributed by atoms with E-state index < -0.39 is 17.3 Å². The number of halogens is 1. The molecule has 1 aromatic heterocycles. The highest BCUT2D eigenvalue weighted by atomic mass is 19.1. The molecule has 0 aliphatic carbocycles. The molecule has 5 nitrogen and oxygen atoms in total. The van der Waals surface area contributed by atoms with Crippen molar-refractivity contribution in [2.45, 2.75) is 6.42 Å². The van der Waals surface area contributed by atoms with E-state index in [-0.39, 0.29) is 17.7 Å². The molecule has 0 aliphatic heterocycles. The maximum atomic E-state index is 13.6. The minimum atomic E-state index is -0.619. The lowest BCUT2D eigenvalue weighted by Gasteiger charge is -2.08. The molecule has 3 aromatic rings. The van der Waals surface area contributed by atoms with E-state index in [1.54, 1.807) is 18.2 Å². The number of nitrogens with one attached hydrogen (secondary N) is 1. The number of anilines is 1. The van der Waals surface area contributed by atoms with Crippen LogP contribution in [-0.4, -0.2) is 5.91 Å². The van der Waals surface area contributed by atoms with E-state index in [4.69, 9.17) is 9.68 Å². The number of nitriles is 1. The van der Waals surface area contributed by atoms with Crippen molar-refractivity contribution in [3.63, 3.8) is 0 Å². The van der Waals surface area contributed by atoms with Crippen LogP contribution in [0.15, 0.2) is 57.7 Å². The third-order valence-electron chi connectivity index (χ3n) is 3.46. The van der Waals surface area contributed by atoms with Crippen molar-refractivity contribution in [1.29, 1.82) is 5.26 Å². The monoisotopic (exact) mass is 322 g/mol. The quantitative estimate of drug-likeness (QED) is 0.751. The summed E-state index contributed by atoms with van der Waals surface area (Å²) in [5, 5.41) is 11.9. The van der Waals surface area contributed by atoms with Crippen LogP contribution < -0.4 is 10.9 Å². The first-order valence-corrected chi connectivity index (χ1v) is 7.08. The number of carbonyl (C=O) groups is 1. The van der Waals surface area contributed by atoms with Crippen LogP contribution in [-0.2, 0) is 11.2 Å². The normalized spacial score (nSPS) is 10.3. The van der Waals surface area contributed by atoms with Gasteiger partial charge in [-0.05, 0) is 35.9 Å². The van der Waals surface area contributed by atoms with E-state index >= 15 is 0 Å². The second-order valence-electron chi connectivity index (χ2n) is 5.12. The van der Waals surface area contributed by atoms with Gasteiger partial charge in [-0.2, -0.15) is 5.26 Å². The highest BCUT2D eigenvalue weighted by molar-refractivity contribution is 5.95. The Labute approximate surface area is 136 Å². The number of hydrogen-bond acceptors (Lipinski definition) is 4. The van der Waals surface area contributed by atoms with Gasteiger partial charge in [0.15, 0.2) is 0 Å². The van der Waals surface area contributed by atoms with Crippen LogP contribution in [0.25, 0.3) is 11.0 Å². The van der Waals surface area contributed by atoms with Gasteiger partial charge in [-0.25, -0.2) is 9.18 Å². The van der Waals surface area contributed by atoms with Crippen molar-refractivity contribution in [3.05, 3.63) is 75.9 Å². The van der Waals surface area contributed by atoms with Crippen molar-refractivity contribution in [3.8, 4) is 6.07 Å². The predicted octanol–water partition coefficient (Wildman–Crippen LogP) is 2.98. The minimum absolute atomic E-state index is 0.0709. The maximum Gasteiger partial charge on any atom is 0.336 e. The van der Waals surface area contributed by atoms with Crippen molar-refractivity contribution < 1.29 is 13.6 Å². The van der Waals surface area contributed by atoms with Gasteiger partial charge in [-0.15, -0.1) is 0 Å². The fourth-order valence-corrected chi connectivity index (χ4v) is 2.38. The summed E-state index contributed by atoms with van der Waals surface area (Å²) in [4.78, 5) is 23.8. The Morgan fingerprint density at radius 2 is 2.00 bits per heavy atom. The Hall–Kier alpha value is -3.46. The molecule has 3 rings (SSSR count). The zero-order valence-electron chi connectivity index (χ0n) is 12.4. The summed E-state index contributed by atoms with van der Waals surface area (Å²) in [6.45, 7) is 0. The van der Waals surface area contributed by atoms with Crippen LogP contribution in [0.2, 0.25) is 0 Å². The number of amides is 1. The molecule has 24 heavy (non-hydrogen) atoms. The molecule has 1 N–H and O–H groups in total. The molecule has 0 unspecified atom stereocenters. The van der Waals surface area contributed by atoms with Crippen LogP contribution in [0.1, 0.15) is 11.1 Å². The molecule has 2 aromatic carbocycles. The summed E-state index contributed by atoms with van der Waals surface area (Å²) in [5.41, 5.74) is 0.473. The molecule has 6 heteroatoms. The molecule has 0 aliphatic rings. The van der Waals surface area contributed by atoms with Gasteiger partial charge in [-0.1, -0.05) is 12.1 Å². The number of rotatable bonds is 3. The summed E-state index contributed by atoms with van der Waals surface area (Å²) < 4.78 is 18.6. The molecule has 1 heterocycles. The number of hydrogen-bond donors (Lipinski definition) is 1. The minimum Gasteiger partial charge on any atom is -0.423 e. The highest BCUT2D eigenvalue weighted by Gasteiger charge is 2.12. The van der Waals surface area contributed by atoms with Gasteiger partial charge in [0.05, 0.1) is 23.7 Å². The van der Waals surface area contributed by atoms with Gasteiger partial charge in [0.1, 0.15) is 11.4 Å². The number of para-hydroxylation sites is 1. The van der Waals surface area contributed by atoms with Crippen LogP contribution in [0.5, 0.6) is 0 Å². The molecule has 0 atom stereocenters. The lowest BCUT2D eigenvalue weighted by Crippen LogP contribution is -2.16. The largest absolute Gasteiger partial charge is 0.423 e. The van der Waals surface area contributed by atoms with Crippen molar-refractivity contribution >= 4 is 22.6 Å². The van der Waals surface area contributed by atoms with E-state index in [2.05, 4.69) is 5.32 Å². The third-order valence-corrected chi connectivity index (χ3v) is 3.46. The number of benzene rings is 2. The summed E-state index contributed by atoms with van der Waals surface area (Å²) in [6.07, 6.45) is -0.123. The predicted molar refractivity (Wildman–Crippen MR) is 85.9 cm³/mol. The number of nitrogens with zero attached hydrogens (tertiary/aromatic N) is 1. The van der Waals surface area contributed by atoms with E-state index in [0.29, 0.717) is 16.5 Å². The first kappa shape index (κ1) is 15.4.